The maximum atomic E-state index is 12.1. The van der Waals surface area contributed by atoms with Crippen LogP contribution in [0.1, 0.15) is 28.2 Å². The third kappa shape index (κ3) is 4.42. The fraction of sp³-hybridized carbons (Fsp3) is 0.375. The second-order valence-electron chi connectivity index (χ2n) is 5.50. The van der Waals surface area contributed by atoms with E-state index in [1.165, 1.54) is 19.2 Å². The Morgan fingerprint density at radius 3 is 2.62 bits per heavy atom. The minimum atomic E-state index is -3.56. The summed E-state index contributed by atoms with van der Waals surface area (Å²) in [6.07, 6.45) is 0.738. The van der Waals surface area contributed by atoms with Gasteiger partial charge in [-0.3, -0.25) is 9.48 Å². The van der Waals surface area contributed by atoms with Crippen LogP contribution in [-0.2, 0) is 16.6 Å². The largest absolute Gasteiger partial charge is 0.352 e. The Balaban J connectivity index is 1.91. The van der Waals surface area contributed by atoms with Crippen molar-refractivity contribution in [1.82, 2.24) is 19.8 Å². The first-order chi connectivity index (χ1) is 11.3. The van der Waals surface area contributed by atoms with Gasteiger partial charge in [0.05, 0.1) is 10.6 Å². The van der Waals surface area contributed by atoms with Crippen molar-refractivity contribution in [2.75, 3.05) is 13.6 Å². The molecule has 2 rings (SSSR count). The molecule has 0 radical (unpaired) electrons. The standard InChI is InChI=1S/C16H22N4O3S/c1-12-10-13(2)20(19-12)9-5-8-18-16(21)14-6-4-7-15(11-14)24(22,23)17-3/h4,6-7,10-11,17H,5,8-9H2,1-3H3,(H,18,21). The monoisotopic (exact) mass is 350 g/mol. The molecule has 0 fully saturated rings. The van der Waals surface area contributed by atoms with E-state index in [-0.39, 0.29) is 10.8 Å². The minimum absolute atomic E-state index is 0.0697. The number of aromatic nitrogens is 2. The average Bonchev–Trinajstić information content (AvgIpc) is 2.89. The molecule has 0 bridgehead atoms. The summed E-state index contributed by atoms with van der Waals surface area (Å²) >= 11 is 0. The Hall–Kier alpha value is -2.19. The number of sulfonamides is 1. The van der Waals surface area contributed by atoms with Crippen LogP contribution in [0.5, 0.6) is 0 Å². The lowest BCUT2D eigenvalue weighted by molar-refractivity contribution is 0.0952. The molecule has 7 nitrogen and oxygen atoms in total. The Bertz CT molecular complexity index is 828. The number of carbonyl (C=O) groups is 1. The van der Waals surface area contributed by atoms with Crippen LogP contribution in [0, 0.1) is 13.8 Å². The molecule has 8 heteroatoms. The van der Waals surface area contributed by atoms with Gasteiger partial charge in [-0.05, 0) is 51.6 Å². The summed E-state index contributed by atoms with van der Waals surface area (Å²) in [6, 6.07) is 7.96. The van der Waals surface area contributed by atoms with Gasteiger partial charge < -0.3 is 5.32 Å². The van der Waals surface area contributed by atoms with Gasteiger partial charge in [0.15, 0.2) is 0 Å². The van der Waals surface area contributed by atoms with E-state index in [1.54, 1.807) is 12.1 Å². The number of nitrogens with zero attached hydrogens (tertiary/aromatic N) is 2. The van der Waals surface area contributed by atoms with Gasteiger partial charge in [-0.1, -0.05) is 6.07 Å². The molecule has 0 atom stereocenters. The number of rotatable bonds is 7. The molecular formula is C16H22N4O3S. The van der Waals surface area contributed by atoms with Crippen molar-refractivity contribution in [2.24, 2.45) is 0 Å². The highest BCUT2D eigenvalue weighted by Crippen LogP contribution is 2.11. The first-order valence-electron chi connectivity index (χ1n) is 7.66. The molecule has 2 aromatic rings. The van der Waals surface area contributed by atoms with Gasteiger partial charge >= 0.3 is 0 Å². The fourth-order valence-corrected chi connectivity index (χ4v) is 3.13. The molecule has 1 amide bonds. The summed E-state index contributed by atoms with van der Waals surface area (Å²) in [5.74, 6) is -0.295. The molecule has 1 aromatic carbocycles. The van der Waals surface area contributed by atoms with Crippen LogP contribution < -0.4 is 10.0 Å². The van der Waals surface area contributed by atoms with Gasteiger partial charge in [-0.25, -0.2) is 13.1 Å². The smallest absolute Gasteiger partial charge is 0.251 e. The zero-order chi connectivity index (χ0) is 17.7. The van der Waals surface area contributed by atoms with E-state index >= 15 is 0 Å². The van der Waals surface area contributed by atoms with Gasteiger partial charge in [0.1, 0.15) is 0 Å². The normalized spacial score (nSPS) is 11.5. The Morgan fingerprint density at radius 2 is 2.00 bits per heavy atom. The third-order valence-corrected chi connectivity index (χ3v) is 5.02. The quantitative estimate of drug-likeness (QED) is 0.735. The van der Waals surface area contributed by atoms with Gasteiger partial charge in [0.25, 0.3) is 5.91 Å². The maximum Gasteiger partial charge on any atom is 0.251 e. The lowest BCUT2D eigenvalue weighted by Gasteiger charge is -2.08. The van der Waals surface area contributed by atoms with Gasteiger partial charge in [-0.15, -0.1) is 0 Å². The Morgan fingerprint density at radius 1 is 1.25 bits per heavy atom. The number of carbonyl (C=O) groups excluding carboxylic acids is 1. The molecule has 2 N–H and O–H groups in total. The van der Waals surface area contributed by atoms with Crippen molar-refractivity contribution in [2.45, 2.75) is 31.7 Å². The number of hydrogen-bond donors (Lipinski definition) is 2. The first kappa shape index (κ1) is 18.2. The lowest BCUT2D eigenvalue weighted by Crippen LogP contribution is -2.26. The van der Waals surface area contributed by atoms with Crippen molar-refractivity contribution in [1.29, 1.82) is 0 Å². The van der Waals surface area contributed by atoms with Crippen molar-refractivity contribution in [3.8, 4) is 0 Å². The van der Waals surface area contributed by atoms with Crippen LogP contribution in [0.2, 0.25) is 0 Å². The zero-order valence-electron chi connectivity index (χ0n) is 14.0. The molecule has 1 heterocycles. The predicted molar refractivity (Wildman–Crippen MR) is 91.3 cm³/mol. The Labute approximate surface area is 142 Å². The highest BCUT2D eigenvalue weighted by molar-refractivity contribution is 7.89. The van der Waals surface area contributed by atoms with Crippen LogP contribution in [-0.4, -0.2) is 37.7 Å². The summed E-state index contributed by atoms with van der Waals surface area (Å²) < 4.78 is 27.7. The molecule has 0 saturated heterocycles. The van der Waals surface area contributed by atoms with Gasteiger partial charge in [0, 0.05) is 24.3 Å². The fourth-order valence-electron chi connectivity index (χ4n) is 2.36. The molecule has 130 valence electrons. The predicted octanol–water partition coefficient (Wildman–Crippen LogP) is 1.23. The number of nitrogens with one attached hydrogen (secondary N) is 2. The van der Waals surface area contributed by atoms with E-state index in [0.29, 0.717) is 18.7 Å². The summed E-state index contributed by atoms with van der Waals surface area (Å²) in [7, 11) is -2.23. The molecule has 0 aliphatic rings. The van der Waals surface area contributed by atoms with Crippen LogP contribution in [0.3, 0.4) is 0 Å². The maximum absolute atomic E-state index is 12.1. The molecule has 0 saturated carbocycles. The highest BCUT2D eigenvalue weighted by atomic mass is 32.2. The molecule has 1 aromatic heterocycles. The van der Waals surface area contributed by atoms with E-state index < -0.39 is 10.0 Å². The lowest BCUT2D eigenvalue weighted by atomic mass is 10.2. The number of benzene rings is 1. The number of hydrogen-bond acceptors (Lipinski definition) is 4. The summed E-state index contributed by atoms with van der Waals surface area (Å²) in [4.78, 5) is 12.2. The zero-order valence-corrected chi connectivity index (χ0v) is 14.9. The van der Waals surface area contributed by atoms with Crippen LogP contribution in [0.15, 0.2) is 35.2 Å². The second kappa shape index (κ2) is 7.59. The highest BCUT2D eigenvalue weighted by Gasteiger charge is 2.14. The number of aryl methyl sites for hydroxylation is 3. The topological polar surface area (TPSA) is 93.1 Å². The molecule has 0 aliphatic heterocycles. The molecule has 0 spiro atoms. The van der Waals surface area contributed by atoms with Gasteiger partial charge in [0.2, 0.25) is 10.0 Å². The van der Waals surface area contributed by atoms with Crippen molar-refractivity contribution in [3.05, 3.63) is 47.3 Å². The SMILES string of the molecule is CNS(=O)(=O)c1cccc(C(=O)NCCCn2nc(C)cc2C)c1. The average molecular weight is 350 g/mol. The summed E-state index contributed by atoms with van der Waals surface area (Å²) in [6.45, 7) is 5.14. The summed E-state index contributed by atoms with van der Waals surface area (Å²) in [5.41, 5.74) is 2.38. The molecule has 0 aliphatic carbocycles. The number of amides is 1. The van der Waals surface area contributed by atoms with Crippen LogP contribution >= 0.6 is 0 Å². The van der Waals surface area contributed by atoms with Crippen LogP contribution in [0.25, 0.3) is 0 Å². The molecule has 0 unspecified atom stereocenters. The van der Waals surface area contributed by atoms with Crippen molar-refractivity contribution < 1.29 is 13.2 Å². The van der Waals surface area contributed by atoms with E-state index in [1.807, 2.05) is 24.6 Å². The van der Waals surface area contributed by atoms with E-state index in [9.17, 15) is 13.2 Å². The van der Waals surface area contributed by atoms with Gasteiger partial charge in [-0.2, -0.15) is 5.10 Å². The van der Waals surface area contributed by atoms with E-state index in [4.69, 9.17) is 0 Å². The summed E-state index contributed by atoms with van der Waals surface area (Å²) in [5, 5.41) is 7.16. The van der Waals surface area contributed by atoms with Crippen molar-refractivity contribution in [3.63, 3.8) is 0 Å². The van der Waals surface area contributed by atoms with E-state index in [2.05, 4.69) is 15.1 Å². The first-order valence-corrected chi connectivity index (χ1v) is 9.14. The van der Waals surface area contributed by atoms with Crippen molar-refractivity contribution >= 4 is 15.9 Å². The minimum Gasteiger partial charge on any atom is -0.352 e. The molecule has 24 heavy (non-hydrogen) atoms. The molecular weight excluding hydrogens is 328 g/mol. The second-order valence-corrected chi connectivity index (χ2v) is 7.38. The van der Waals surface area contributed by atoms with Crippen LogP contribution in [0.4, 0.5) is 0 Å². The third-order valence-electron chi connectivity index (χ3n) is 3.61. The van der Waals surface area contributed by atoms with E-state index in [0.717, 1.165) is 17.8 Å². The Kier molecular flexibility index (Phi) is 5.74.